The first-order valence-corrected chi connectivity index (χ1v) is 7.91. The van der Waals surface area contributed by atoms with Crippen LogP contribution in [0.1, 0.15) is 31.1 Å². The molecule has 0 unspecified atom stereocenters. The Bertz CT molecular complexity index is 605. The molecule has 0 atom stereocenters. The zero-order valence-electron chi connectivity index (χ0n) is 11.9. The molecule has 20 heavy (non-hydrogen) atoms. The summed E-state index contributed by atoms with van der Waals surface area (Å²) in [5.74, 6) is -0.0820. The molecule has 5 nitrogen and oxygen atoms in total. The van der Waals surface area contributed by atoms with Gasteiger partial charge in [-0.2, -0.15) is 4.31 Å². The van der Waals surface area contributed by atoms with Gasteiger partial charge in [0, 0.05) is 18.7 Å². The summed E-state index contributed by atoms with van der Waals surface area (Å²) < 4.78 is 32.0. The third kappa shape index (κ3) is 3.08. The molecule has 0 aliphatic carbocycles. The summed E-state index contributed by atoms with van der Waals surface area (Å²) in [5, 5.41) is 0. The summed E-state index contributed by atoms with van der Waals surface area (Å²) in [7, 11) is -3.53. The number of sulfonamides is 1. The number of Topliss-reactive ketones (excluding diaryl/α,β-unsaturated/α-hetero) is 1. The van der Waals surface area contributed by atoms with Crippen molar-refractivity contribution in [3.8, 4) is 0 Å². The van der Waals surface area contributed by atoms with E-state index in [0.717, 1.165) is 0 Å². The van der Waals surface area contributed by atoms with E-state index in [2.05, 4.69) is 0 Å². The zero-order chi connectivity index (χ0) is 15.0. The fourth-order valence-corrected chi connectivity index (χ4v) is 3.76. The SMILES string of the molecule is CC(=O)c1ccc(S(=O)(=O)N2CCOC(C)(C)C2)cc1. The van der Waals surface area contributed by atoms with E-state index in [9.17, 15) is 13.2 Å². The van der Waals surface area contributed by atoms with Crippen molar-refractivity contribution < 1.29 is 17.9 Å². The van der Waals surface area contributed by atoms with Gasteiger partial charge in [-0.05, 0) is 32.9 Å². The maximum atomic E-state index is 12.5. The summed E-state index contributed by atoms with van der Waals surface area (Å²) in [5.41, 5.74) is 0.0243. The second kappa shape index (κ2) is 5.27. The first-order valence-electron chi connectivity index (χ1n) is 6.47. The number of hydrogen-bond acceptors (Lipinski definition) is 4. The first-order chi connectivity index (χ1) is 9.22. The predicted octanol–water partition coefficient (Wildman–Crippen LogP) is 1.69. The summed E-state index contributed by atoms with van der Waals surface area (Å²) >= 11 is 0. The molecule has 0 saturated carbocycles. The highest BCUT2D eigenvalue weighted by Crippen LogP contribution is 2.23. The van der Waals surface area contributed by atoms with Crippen LogP contribution < -0.4 is 0 Å². The lowest BCUT2D eigenvalue weighted by molar-refractivity contribution is -0.0640. The van der Waals surface area contributed by atoms with Crippen molar-refractivity contribution in [2.75, 3.05) is 19.7 Å². The van der Waals surface area contributed by atoms with Crippen LogP contribution in [0.25, 0.3) is 0 Å². The van der Waals surface area contributed by atoms with Crippen molar-refractivity contribution in [3.05, 3.63) is 29.8 Å². The quantitative estimate of drug-likeness (QED) is 0.796. The average Bonchev–Trinajstić information content (AvgIpc) is 2.37. The summed E-state index contributed by atoms with van der Waals surface area (Å²) in [6.45, 7) is 6.25. The molecule has 1 saturated heterocycles. The van der Waals surface area contributed by atoms with E-state index in [1.807, 2.05) is 13.8 Å². The molecule has 0 aromatic heterocycles. The lowest BCUT2D eigenvalue weighted by Gasteiger charge is -2.37. The molecule has 0 radical (unpaired) electrons. The Balaban J connectivity index is 2.28. The Morgan fingerprint density at radius 2 is 1.85 bits per heavy atom. The average molecular weight is 297 g/mol. The van der Waals surface area contributed by atoms with Crippen LogP contribution in [0.15, 0.2) is 29.2 Å². The van der Waals surface area contributed by atoms with Crippen molar-refractivity contribution in [2.45, 2.75) is 31.3 Å². The van der Waals surface area contributed by atoms with Crippen molar-refractivity contribution in [3.63, 3.8) is 0 Å². The van der Waals surface area contributed by atoms with E-state index < -0.39 is 15.6 Å². The number of rotatable bonds is 3. The maximum Gasteiger partial charge on any atom is 0.243 e. The zero-order valence-corrected chi connectivity index (χ0v) is 12.7. The Morgan fingerprint density at radius 1 is 1.25 bits per heavy atom. The minimum atomic E-state index is -3.53. The van der Waals surface area contributed by atoms with Gasteiger partial charge in [0.1, 0.15) is 0 Å². The van der Waals surface area contributed by atoms with Crippen LogP contribution in [0.2, 0.25) is 0 Å². The van der Waals surface area contributed by atoms with E-state index in [4.69, 9.17) is 4.74 Å². The third-order valence-corrected chi connectivity index (χ3v) is 5.15. The van der Waals surface area contributed by atoms with Gasteiger partial charge in [-0.3, -0.25) is 4.79 Å². The summed E-state index contributed by atoms with van der Waals surface area (Å²) in [6, 6.07) is 6.05. The van der Waals surface area contributed by atoms with Gasteiger partial charge >= 0.3 is 0 Å². The minimum absolute atomic E-state index is 0.0820. The number of ether oxygens (including phenoxy) is 1. The molecule has 6 heteroatoms. The highest BCUT2D eigenvalue weighted by Gasteiger charge is 2.34. The fourth-order valence-electron chi connectivity index (χ4n) is 2.19. The standard InChI is InChI=1S/C14H19NO4S/c1-11(16)12-4-6-13(7-5-12)20(17,18)15-8-9-19-14(2,3)10-15/h4-7H,8-10H2,1-3H3. The largest absolute Gasteiger partial charge is 0.373 e. The van der Waals surface area contributed by atoms with Gasteiger partial charge in [0.25, 0.3) is 0 Å². The van der Waals surface area contributed by atoms with Gasteiger partial charge in [0.2, 0.25) is 10.0 Å². The molecule has 1 aromatic rings. The van der Waals surface area contributed by atoms with Crippen molar-refractivity contribution in [2.24, 2.45) is 0 Å². The molecule has 2 rings (SSSR count). The van der Waals surface area contributed by atoms with E-state index in [1.54, 1.807) is 12.1 Å². The van der Waals surface area contributed by atoms with E-state index >= 15 is 0 Å². The molecule has 1 aliphatic rings. The van der Waals surface area contributed by atoms with Crippen LogP contribution >= 0.6 is 0 Å². The lowest BCUT2D eigenvalue weighted by atomic mass is 10.1. The highest BCUT2D eigenvalue weighted by atomic mass is 32.2. The van der Waals surface area contributed by atoms with Gasteiger partial charge in [-0.1, -0.05) is 12.1 Å². The minimum Gasteiger partial charge on any atom is -0.373 e. The van der Waals surface area contributed by atoms with E-state index in [1.165, 1.54) is 23.4 Å². The Kier molecular flexibility index (Phi) is 4.00. The fraction of sp³-hybridized carbons (Fsp3) is 0.500. The monoisotopic (exact) mass is 297 g/mol. The second-order valence-corrected chi connectivity index (χ2v) is 7.47. The number of morpholine rings is 1. The lowest BCUT2D eigenvalue weighted by Crippen LogP contribution is -2.50. The van der Waals surface area contributed by atoms with Crippen LogP contribution in [-0.2, 0) is 14.8 Å². The van der Waals surface area contributed by atoms with Gasteiger partial charge in [-0.15, -0.1) is 0 Å². The van der Waals surface area contributed by atoms with Crippen LogP contribution in [0.5, 0.6) is 0 Å². The molecule has 0 bridgehead atoms. The Morgan fingerprint density at radius 3 is 2.35 bits per heavy atom. The number of carbonyl (C=O) groups is 1. The Labute approximate surface area is 119 Å². The molecule has 1 aliphatic heterocycles. The highest BCUT2D eigenvalue weighted by molar-refractivity contribution is 7.89. The third-order valence-electron chi connectivity index (χ3n) is 3.29. The molecular weight excluding hydrogens is 278 g/mol. The molecule has 1 heterocycles. The second-order valence-electron chi connectivity index (χ2n) is 5.53. The van der Waals surface area contributed by atoms with Crippen LogP contribution in [0.4, 0.5) is 0 Å². The van der Waals surface area contributed by atoms with E-state index in [0.29, 0.717) is 25.3 Å². The molecule has 0 amide bonds. The van der Waals surface area contributed by atoms with Gasteiger partial charge in [-0.25, -0.2) is 8.42 Å². The van der Waals surface area contributed by atoms with Gasteiger partial charge in [0.15, 0.2) is 5.78 Å². The number of carbonyl (C=O) groups excluding carboxylic acids is 1. The van der Waals surface area contributed by atoms with Gasteiger partial charge in [0.05, 0.1) is 17.1 Å². The first kappa shape index (κ1) is 15.2. The molecule has 1 aromatic carbocycles. The maximum absolute atomic E-state index is 12.5. The van der Waals surface area contributed by atoms with Crippen molar-refractivity contribution in [1.82, 2.24) is 4.31 Å². The number of benzene rings is 1. The molecule has 110 valence electrons. The normalized spacial score (nSPS) is 19.8. The number of hydrogen-bond donors (Lipinski definition) is 0. The molecule has 1 fully saturated rings. The van der Waals surface area contributed by atoms with Crippen LogP contribution in [-0.4, -0.2) is 43.8 Å². The number of ketones is 1. The smallest absolute Gasteiger partial charge is 0.243 e. The van der Waals surface area contributed by atoms with Crippen molar-refractivity contribution >= 4 is 15.8 Å². The van der Waals surface area contributed by atoms with Crippen LogP contribution in [0, 0.1) is 0 Å². The van der Waals surface area contributed by atoms with E-state index in [-0.39, 0.29) is 10.7 Å². The molecule has 0 N–H and O–H groups in total. The van der Waals surface area contributed by atoms with Gasteiger partial charge < -0.3 is 4.74 Å². The number of nitrogens with zero attached hydrogens (tertiary/aromatic N) is 1. The molecule has 0 spiro atoms. The van der Waals surface area contributed by atoms with Crippen LogP contribution in [0.3, 0.4) is 0 Å². The summed E-state index contributed by atoms with van der Waals surface area (Å²) in [4.78, 5) is 11.4. The summed E-state index contributed by atoms with van der Waals surface area (Å²) in [6.07, 6.45) is 0. The topological polar surface area (TPSA) is 63.7 Å². The predicted molar refractivity (Wildman–Crippen MR) is 75.2 cm³/mol. The molecular formula is C14H19NO4S. The Hall–Kier alpha value is -1.24. The van der Waals surface area contributed by atoms with Crippen molar-refractivity contribution in [1.29, 1.82) is 0 Å².